The molecule has 0 unspecified atom stereocenters. The molecule has 1 fully saturated rings. The number of aromatic nitrogens is 2. The summed E-state index contributed by atoms with van der Waals surface area (Å²) in [6.07, 6.45) is 3.88. The fourth-order valence-electron chi connectivity index (χ4n) is 3.55. The van der Waals surface area contributed by atoms with Crippen LogP contribution < -0.4 is 9.64 Å². The predicted octanol–water partition coefficient (Wildman–Crippen LogP) is 5.12. The van der Waals surface area contributed by atoms with Crippen LogP contribution in [0.15, 0.2) is 65.7 Å². The Morgan fingerprint density at radius 1 is 0.933 bits per heavy atom. The summed E-state index contributed by atoms with van der Waals surface area (Å²) in [5.74, 6) is 1.12. The van der Waals surface area contributed by atoms with Crippen molar-refractivity contribution in [2.45, 2.75) is 24.3 Å². The molecule has 0 radical (unpaired) electrons. The van der Waals surface area contributed by atoms with Crippen molar-refractivity contribution < 1.29 is 9.53 Å². The number of thioether (sulfide) groups is 1. The quantitative estimate of drug-likeness (QED) is 0.391. The molecule has 1 aromatic heterocycles. The molecule has 154 valence electrons. The zero-order valence-electron chi connectivity index (χ0n) is 17.1. The van der Waals surface area contributed by atoms with Gasteiger partial charge in [-0.15, -0.1) is 10.2 Å². The Balaban J connectivity index is 1.34. The van der Waals surface area contributed by atoms with E-state index in [-0.39, 0.29) is 5.78 Å². The molecule has 2 aromatic carbocycles. The SMILES string of the molecule is COc1ccc(C(=O)CSc2ccc(-c3ccc(N4CCCCC4)cc3)nn2)cc1. The number of ketones is 1. The van der Waals surface area contributed by atoms with Crippen LogP contribution in [0.4, 0.5) is 5.69 Å². The first-order chi connectivity index (χ1) is 14.7. The van der Waals surface area contributed by atoms with Gasteiger partial charge < -0.3 is 9.64 Å². The van der Waals surface area contributed by atoms with E-state index in [1.807, 2.05) is 12.1 Å². The minimum absolute atomic E-state index is 0.0573. The van der Waals surface area contributed by atoms with E-state index in [9.17, 15) is 4.79 Å². The summed E-state index contributed by atoms with van der Waals surface area (Å²) in [7, 11) is 1.61. The third-order valence-corrected chi connectivity index (χ3v) is 6.21. The number of methoxy groups -OCH3 is 1. The van der Waals surface area contributed by atoms with Gasteiger partial charge in [-0.3, -0.25) is 4.79 Å². The third-order valence-electron chi connectivity index (χ3n) is 5.29. The van der Waals surface area contributed by atoms with Gasteiger partial charge in [0.25, 0.3) is 0 Å². The number of anilines is 1. The van der Waals surface area contributed by atoms with Crippen LogP contribution in [0.2, 0.25) is 0 Å². The topological polar surface area (TPSA) is 55.3 Å². The van der Waals surface area contributed by atoms with Gasteiger partial charge in [0, 0.05) is 29.9 Å². The van der Waals surface area contributed by atoms with E-state index in [4.69, 9.17) is 4.74 Å². The van der Waals surface area contributed by atoms with Gasteiger partial charge in [-0.05, 0) is 67.8 Å². The first-order valence-corrected chi connectivity index (χ1v) is 11.2. The molecule has 0 aliphatic carbocycles. The van der Waals surface area contributed by atoms with E-state index in [1.165, 1.54) is 36.7 Å². The molecule has 0 spiro atoms. The number of hydrogen-bond donors (Lipinski definition) is 0. The number of ether oxygens (including phenoxy) is 1. The lowest BCUT2D eigenvalue weighted by molar-refractivity contribution is 0.102. The standard InChI is InChI=1S/C24H25N3O2S/c1-29-21-11-7-19(8-12-21)23(28)17-30-24-14-13-22(25-26-24)18-5-9-20(10-6-18)27-15-3-2-4-16-27/h5-14H,2-4,15-17H2,1H3. The highest BCUT2D eigenvalue weighted by atomic mass is 32.2. The molecule has 30 heavy (non-hydrogen) atoms. The molecule has 1 saturated heterocycles. The van der Waals surface area contributed by atoms with Crippen LogP contribution in [0.5, 0.6) is 5.75 Å². The summed E-state index contributed by atoms with van der Waals surface area (Å²) < 4.78 is 5.13. The maximum Gasteiger partial charge on any atom is 0.173 e. The van der Waals surface area contributed by atoms with Crippen LogP contribution in [0.1, 0.15) is 29.6 Å². The fraction of sp³-hybridized carbons (Fsp3) is 0.292. The summed E-state index contributed by atoms with van der Waals surface area (Å²) in [6.45, 7) is 2.28. The third kappa shape index (κ3) is 5.00. The summed E-state index contributed by atoms with van der Waals surface area (Å²) >= 11 is 1.40. The summed E-state index contributed by atoms with van der Waals surface area (Å²) in [6, 6.07) is 19.6. The van der Waals surface area contributed by atoms with Gasteiger partial charge in [0.2, 0.25) is 0 Å². The highest BCUT2D eigenvalue weighted by Gasteiger charge is 2.12. The van der Waals surface area contributed by atoms with Gasteiger partial charge in [0.15, 0.2) is 5.78 Å². The molecule has 6 heteroatoms. The highest BCUT2D eigenvalue weighted by Crippen LogP contribution is 2.25. The first kappa shape index (κ1) is 20.4. The number of piperidine rings is 1. The lowest BCUT2D eigenvalue weighted by Gasteiger charge is -2.28. The molecule has 2 heterocycles. The van der Waals surface area contributed by atoms with Crippen LogP contribution in [0.3, 0.4) is 0 Å². The zero-order chi connectivity index (χ0) is 20.8. The molecule has 0 saturated carbocycles. The molecular formula is C24H25N3O2S. The number of carbonyl (C=O) groups excluding carboxylic acids is 1. The van der Waals surface area contributed by atoms with Crippen LogP contribution in [0.25, 0.3) is 11.3 Å². The molecular weight excluding hydrogens is 394 g/mol. The van der Waals surface area contributed by atoms with Gasteiger partial charge >= 0.3 is 0 Å². The summed E-state index contributed by atoms with van der Waals surface area (Å²) in [5.41, 5.74) is 3.83. The fourth-order valence-corrected chi connectivity index (χ4v) is 4.25. The molecule has 4 rings (SSSR count). The van der Waals surface area contributed by atoms with Crippen molar-refractivity contribution in [1.82, 2.24) is 10.2 Å². The normalized spacial score (nSPS) is 13.8. The maximum atomic E-state index is 12.4. The van der Waals surface area contributed by atoms with E-state index in [0.29, 0.717) is 11.3 Å². The molecule has 0 bridgehead atoms. The number of benzene rings is 2. The second kappa shape index (κ2) is 9.76. The predicted molar refractivity (Wildman–Crippen MR) is 122 cm³/mol. The minimum atomic E-state index is 0.0573. The molecule has 0 amide bonds. The van der Waals surface area contributed by atoms with Gasteiger partial charge in [0.05, 0.1) is 18.6 Å². The highest BCUT2D eigenvalue weighted by molar-refractivity contribution is 7.99. The van der Waals surface area contributed by atoms with Gasteiger partial charge in [-0.1, -0.05) is 23.9 Å². The Hall–Kier alpha value is -2.86. The van der Waals surface area contributed by atoms with E-state index < -0.39 is 0 Å². The second-order valence-electron chi connectivity index (χ2n) is 7.29. The number of nitrogens with zero attached hydrogens (tertiary/aromatic N) is 3. The second-order valence-corrected chi connectivity index (χ2v) is 8.29. The Kier molecular flexibility index (Phi) is 6.64. The van der Waals surface area contributed by atoms with Crippen LogP contribution in [-0.4, -0.2) is 41.9 Å². The largest absolute Gasteiger partial charge is 0.497 e. The Morgan fingerprint density at radius 2 is 1.67 bits per heavy atom. The molecule has 0 atom stereocenters. The van der Waals surface area contributed by atoms with Gasteiger partial charge in [-0.2, -0.15) is 0 Å². The van der Waals surface area contributed by atoms with E-state index in [2.05, 4.69) is 39.4 Å². The van der Waals surface area contributed by atoms with Crippen molar-refractivity contribution in [2.75, 3.05) is 30.9 Å². The number of carbonyl (C=O) groups is 1. The lowest BCUT2D eigenvalue weighted by atomic mass is 10.1. The van der Waals surface area contributed by atoms with Crippen LogP contribution in [0, 0.1) is 0 Å². The smallest absolute Gasteiger partial charge is 0.173 e. The van der Waals surface area contributed by atoms with Gasteiger partial charge in [0.1, 0.15) is 10.8 Å². The van der Waals surface area contributed by atoms with E-state index >= 15 is 0 Å². The van der Waals surface area contributed by atoms with Crippen molar-refractivity contribution >= 4 is 23.2 Å². The number of hydrogen-bond acceptors (Lipinski definition) is 6. The minimum Gasteiger partial charge on any atom is -0.497 e. The first-order valence-electron chi connectivity index (χ1n) is 10.2. The molecule has 3 aromatic rings. The van der Waals surface area contributed by atoms with Crippen LogP contribution >= 0.6 is 11.8 Å². The summed E-state index contributed by atoms with van der Waals surface area (Å²) in [5, 5.41) is 9.38. The average molecular weight is 420 g/mol. The average Bonchev–Trinajstić information content (AvgIpc) is 2.83. The molecule has 1 aliphatic heterocycles. The van der Waals surface area contributed by atoms with Gasteiger partial charge in [-0.25, -0.2) is 0 Å². The molecule has 1 aliphatic rings. The van der Waals surface area contributed by atoms with Crippen molar-refractivity contribution in [2.24, 2.45) is 0 Å². The number of Topliss-reactive ketones (excluding diaryl/α,β-unsaturated/α-hetero) is 1. The lowest BCUT2D eigenvalue weighted by Crippen LogP contribution is -2.29. The number of rotatable bonds is 7. The van der Waals surface area contributed by atoms with E-state index in [0.717, 1.165) is 35.1 Å². The molecule has 0 N–H and O–H groups in total. The van der Waals surface area contributed by atoms with Crippen molar-refractivity contribution in [3.05, 3.63) is 66.2 Å². The Morgan fingerprint density at radius 3 is 2.30 bits per heavy atom. The Labute approximate surface area is 181 Å². The van der Waals surface area contributed by atoms with Crippen molar-refractivity contribution in [3.8, 4) is 17.0 Å². The van der Waals surface area contributed by atoms with E-state index in [1.54, 1.807) is 31.4 Å². The maximum absolute atomic E-state index is 12.4. The van der Waals surface area contributed by atoms with Crippen molar-refractivity contribution in [3.63, 3.8) is 0 Å². The molecule has 5 nitrogen and oxygen atoms in total. The van der Waals surface area contributed by atoms with Crippen molar-refractivity contribution in [1.29, 1.82) is 0 Å². The monoisotopic (exact) mass is 419 g/mol. The Bertz CT molecular complexity index is 967. The summed E-state index contributed by atoms with van der Waals surface area (Å²) in [4.78, 5) is 14.8. The zero-order valence-corrected chi connectivity index (χ0v) is 17.9. The van der Waals surface area contributed by atoms with Crippen LogP contribution in [-0.2, 0) is 0 Å².